The zero-order valence-electron chi connectivity index (χ0n) is 11.9. The number of benzene rings is 1. The number of carbonyl (C=O) groups excluding carboxylic acids is 1. The lowest BCUT2D eigenvalue weighted by atomic mass is 10.2. The van der Waals surface area contributed by atoms with Gasteiger partial charge in [-0.25, -0.2) is 0 Å². The highest BCUT2D eigenvalue weighted by Crippen LogP contribution is 2.30. The Balaban J connectivity index is 2.23. The number of hydrogen-bond donors (Lipinski definition) is 2. The predicted octanol–water partition coefficient (Wildman–Crippen LogP) is 3.72. The Morgan fingerprint density at radius 2 is 2.00 bits per heavy atom. The van der Waals surface area contributed by atoms with E-state index in [-0.39, 0.29) is 5.91 Å². The number of aromatic nitrogens is 1. The number of amides is 1. The van der Waals surface area contributed by atoms with E-state index in [2.05, 4.69) is 10.3 Å². The molecule has 0 unspecified atom stereocenters. The summed E-state index contributed by atoms with van der Waals surface area (Å²) in [4.78, 5) is 15.0. The Morgan fingerprint density at radius 3 is 2.62 bits per heavy atom. The Bertz CT molecular complexity index is 625. The summed E-state index contributed by atoms with van der Waals surface area (Å²) < 4.78 is 10.9. The van der Waals surface area contributed by atoms with E-state index < -0.39 is 0 Å². The molecule has 2 aromatic rings. The maximum Gasteiger partial charge on any atom is 0.272 e. The van der Waals surface area contributed by atoms with Gasteiger partial charge in [-0.3, -0.25) is 4.79 Å². The fraction of sp³-hybridized carbons (Fsp3) is 0.267. The van der Waals surface area contributed by atoms with Gasteiger partial charge in [0.1, 0.15) is 17.2 Å². The molecule has 0 fully saturated rings. The van der Waals surface area contributed by atoms with Gasteiger partial charge in [0, 0.05) is 12.3 Å². The molecule has 0 saturated carbocycles. The molecule has 1 amide bonds. The first-order valence-corrected chi connectivity index (χ1v) is 7.06. The monoisotopic (exact) mass is 308 g/mol. The van der Waals surface area contributed by atoms with Crippen LogP contribution in [0.5, 0.6) is 11.5 Å². The second-order valence-electron chi connectivity index (χ2n) is 4.21. The molecule has 0 bridgehead atoms. The number of halogens is 1. The van der Waals surface area contributed by atoms with Crippen molar-refractivity contribution in [1.29, 1.82) is 0 Å². The van der Waals surface area contributed by atoms with E-state index in [9.17, 15) is 4.79 Å². The van der Waals surface area contributed by atoms with Crippen molar-refractivity contribution < 1.29 is 14.3 Å². The standard InChI is InChI=1S/C15H17ClN2O3/c1-3-20-11-5-6-14(21-4-2)12(8-11)18-15(19)13-7-10(16)9-17-13/h5-9,17H,3-4H2,1-2H3,(H,18,19). The van der Waals surface area contributed by atoms with E-state index in [1.165, 1.54) is 0 Å². The molecule has 0 aliphatic carbocycles. The SMILES string of the molecule is CCOc1ccc(OCC)c(NC(=O)c2cc(Cl)c[nH]2)c1. The zero-order valence-corrected chi connectivity index (χ0v) is 12.7. The molecule has 0 aliphatic rings. The molecular weight excluding hydrogens is 292 g/mol. The quantitative estimate of drug-likeness (QED) is 0.855. The number of H-pyrrole nitrogens is 1. The van der Waals surface area contributed by atoms with Gasteiger partial charge in [-0.1, -0.05) is 11.6 Å². The average molecular weight is 309 g/mol. The van der Waals surface area contributed by atoms with Crippen LogP contribution in [0.4, 0.5) is 5.69 Å². The summed E-state index contributed by atoms with van der Waals surface area (Å²) in [5, 5.41) is 3.27. The second-order valence-corrected chi connectivity index (χ2v) is 4.65. The molecule has 112 valence electrons. The second kappa shape index (κ2) is 7.04. The van der Waals surface area contributed by atoms with Crippen molar-refractivity contribution in [2.75, 3.05) is 18.5 Å². The van der Waals surface area contributed by atoms with E-state index >= 15 is 0 Å². The third-order valence-electron chi connectivity index (χ3n) is 2.70. The van der Waals surface area contributed by atoms with E-state index in [0.717, 1.165) is 0 Å². The van der Waals surface area contributed by atoms with Crippen LogP contribution in [0.25, 0.3) is 0 Å². The van der Waals surface area contributed by atoms with Gasteiger partial charge in [-0.15, -0.1) is 0 Å². The Hall–Kier alpha value is -2.14. The van der Waals surface area contributed by atoms with Gasteiger partial charge in [0.05, 0.1) is 23.9 Å². The summed E-state index contributed by atoms with van der Waals surface area (Å²) in [5.41, 5.74) is 0.933. The van der Waals surface area contributed by atoms with Crippen LogP contribution in [0.2, 0.25) is 5.02 Å². The van der Waals surface area contributed by atoms with Gasteiger partial charge in [0.25, 0.3) is 5.91 Å². The molecule has 2 rings (SSSR count). The van der Waals surface area contributed by atoms with Crippen LogP contribution in [-0.2, 0) is 0 Å². The molecule has 0 radical (unpaired) electrons. The van der Waals surface area contributed by atoms with E-state index in [1.807, 2.05) is 13.8 Å². The summed E-state index contributed by atoms with van der Waals surface area (Å²) >= 11 is 5.80. The number of carbonyl (C=O) groups is 1. The minimum Gasteiger partial charge on any atom is -0.494 e. The minimum atomic E-state index is -0.295. The first kappa shape index (κ1) is 15.3. The number of rotatable bonds is 6. The molecule has 1 heterocycles. The smallest absolute Gasteiger partial charge is 0.272 e. The van der Waals surface area contributed by atoms with Gasteiger partial charge >= 0.3 is 0 Å². The van der Waals surface area contributed by atoms with Gasteiger partial charge in [-0.2, -0.15) is 0 Å². The van der Waals surface area contributed by atoms with Crippen molar-refractivity contribution >= 4 is 23.2 Å². The van der Waals surface area contributed by atoms with E-state index in [1.54, 1.807) is 30.5 Å². The first-order chi connectivity index (χ1) is 10.1. The van der Waals surface area contributed by atoms with Gasteiger partial charge < -0.3 is 19.8 Å². The van der Waals surface area contributed by atoms with Crippen LogP contribution in [0.3, 0.4) is 0 Å². The van der Waals surface area contributed by atoms with Crippen molar-refractivity contribution in [2.45, 2.75) is 13.8 Å². The van der Waals surface area contributed by atoms with Crippen molar-refractivity contribution in [3.8, 4) is 11.5 Å². The van der Waals surface area contributed by atoms with Crippen LogP contribution in [0.15, 0.2) is 30.5 Å². The molecule has 5 nitrogen and oxygen atoms in total. The lowest BCUT2D eigenvalue weighted by Gasteiger charge is -2.13. The summed E-state index contributed by atoms with van der Waals surface area (Å²) in [5.74, 6) is 0.962. The molecule has 0 aliphatic heterocycles. The molecule has 2 N–H and O–H groups in total. The highest BCUT2D eigenvalue weighted by atomic mass is 35.5. The number of anilines is 1. The summed E-state index contributed by atoms with van der Waals surface area (Å²) in [6.45, 7) is 4.83. The molecule has 0 atom stereocenters. The summed E-state index contributed by atoms with van der Waals surface area (Å²) in [7, 11) is 0. The third-order valence-corrected chi connectivity index (χ3v) is 2.92. The molecule has 1 aromatic carbocycles. The maximum atomic E-state index is 12.2. The van der Waals surface area contributed by atoms with Crippen LogP contribution < -0.4 is 14.8 Å². The van der Waals surface area contributed by atoms with Crippen LogP contribution in [0.1, 0.15) is 24.3 Å². The van der Waals surface area contributed by atoms with Gasteiger partial charge in [-0.05, 0) is 32.0 Å². The van der Waals surface area contributed by atoms with Crippen molar-refractivity contribution in [3.63, 3.8) is 0 Å². The van der Waals surface area contributed by atoms with E-state index in [4.69, 9.17) is 21.1 Å². The third kappa shape index (κ3) is 3.92. The summed E-state index contributed by atoms with van der Waals surface area (Å²) in [6.07, 6.45) is 1.55. The lowest BCUT2D eigenvalue weighted by Crippen LogP contribution is -2.13. The fourth-order valence-electron chi connectivity index (χ4n) is 1.83. The zero-order chi connectivity index (χ0) is 15.2. The molecule has 1 aromatic heterocycles. The number of nitrogens with one attached hydrogen (secondary N) is 2. The van der Waals surface area contributed by atoms with Crippen LogP contribution in [0, 0.1) is 0 Å². The molecule has 0 saturated heterocycles. The normalized spacial score (nSPS) is 10.2. The van der Waals surface area contributed by atoms with Gasteiger partial charge in [0.15, 0.2) is 0 Å². The van der Waals surface area contributed by atoms with Gasteiger partial charge in [0.2, 0.25) is 0 Å². The average Bonchev–Trinajstić information content (AvgIpc) is 2.89. The number of aromatic amines is 1. The first-order valence-electron chi connectivity index (χ1n) is 6.69. The molecule has 0 spiro atoms. The van der Waals surface area contributed by atoms with Crippen LogP contribution in [-0.4, -0.2) is 24.1 Å². The minimum absolute atomic E-state index is 0.295. The predicted molar refractivity (Wildman–Crippen MR) is 82.5 cm³/mol. The number of ether oxygens (including phenoxy) is 2. The van der Waals surface area contributed by atoms with E-state index in [0.29, 0.717) is 41.1 Å². The maximum absolute atomic E-state index is 12.2. The van der Waals surface area contributed by atoms with Crippen molar-refractivity contribution in [2.24, 2.45) is 0 Å². The Kier molecular flexibility index (Phi) is 5.11. The summed E-state index contributed by atoms with van der Waals surface area (Å²) in [6, 6.07) is 6.86. The molecule has 21 heavy (non-hydrogen) atoms. The van der Waals surface area contributed by atoms with Crippen LogP contribution >= 0.6 is 11.6 Å². The van der Waals surface area contributed by atoms with Crippen molar-refractivity contribution in [3.05, 3.63) is 41.2 Å². The highest BCUT2D eigenvalue weighted by Gasteiger charge is 2.12. The lowest BCUT2D eigenvalue weighted by molar-refractivity contribution is 0.102. The number of hydrogen-bond acceptors (Lipinski definition) is 3. The largest absolute Gasteiger partial charge is 0.494 e. The molecular formula is C15H17ClN2O3. The Morgan fingerprint density at radius 1 is 1.24 bits per heavy atom. The Labute approximate surface area is 128 Å². The topological polar surface area (TPSA) is 63.4 Å². The van der Waals surface area contributed by atoms with Crippen molar-refractivity contribution in [1.82, 2.24) is 4.98 Å². The highest BCUT2D eigenvalue weighted by molar-refractivity contribution is 6.31. The molecule has 6 heteroatoms. The fourth-order valence-corrected chi connectivity index (χ4v) is 2.00.